The lowest BCUT2D eigenvalue weighted by molar-refractivity contribution is -0.116. The van der Waals surface area contributed by atoms with E-state index in [4.69, 9.17) is 0 Å². The zero-order chi connectivity index (χ0) is 19.3. The van der Waals surface area contributed by atoms with Crippen molar-refractivity contribution >= 4 is 34.5 Å². The molecule has 142 valence electrons. The predicted molar refractivity (Wildman–Crippen MR) is 106 cm³/mol. The van der Waals surface area contributed by atoms with Crippen molar-refractivity contribution in [3.05, 3.63) is 71.1 Å². The third-order valence-electron chi connectivity index (χ3n) is 4.08. The molecule has 0 radical (unpaired) electrons. The van der Waals surface area contributed by atoms with Gasteiger partial charge in [0.15, 0.2) is 0 Å². The van der Waals surface area contributed by atoms with Crippen LogP contribution >= 0.6 is 11.3 Å². The van der Waals surface area contributed by atoms with Crippen LogP contribution in [0, 0.1) is 0 Å². The fourth-order valence-electron chi connectivity index (χ4n) is 2.75. The molecule has 4 aromatic heterocycles. The quantitative estimate of drug-likeness (QED) is 0.503. The average Bonchev–Trinajstić information content (AvgIpc) is 3.42. The molecule has 4 aromatic rings. The Morgan fingerprint density at radius 2 is 2.11 bits per heavy atom. The van der Waals surface area contributed by atoms with Crippen LogP contribution in [-0.2, 0) is 11.3 Å². The highest BCUT2D eigenvalue weighted by atomic mass is 32.1. The number of fused-ring (bicyclic) bond motifs is 1. The van der Waals surface area contributed by atoms with Crippen molar-refractivity contribution in [3.8, 4) is 0 Å². The number of nitrogens with one attached hydrogen (secondary N) is 2. The molecule has 0 saturated carbocycles. The summed E-state index contributed by atoms with van der Waals surface area (Å²) in [4.78, 5) is 28.4. The first-order chi connectivity index (χ1) is 13.7. The molecular weight excluding hydrogens is 376 g/mol. The summed E-state index contributed by atoms with van der Waals surface area (Å²) in [6.45, 7) is 0.782. The lowest BCUT2D eigenvalue weighted by Crippen LogP contribution is -2.27. The van der Waals surface area contributed by atoms with Gasteiger partial charge in [-0.25, -0.2) is 4.98 Å². The highest BCUT2D eigenvalue weighted by molar-refractivity contribution is 7.08. The molecule has 4 rings (SSSR count). The van der Waals surface area contributed by atoms with E-state index >= 15 is 0 Å². The van der Waals surface area contributed by atoms with Gasteiger partial charge in [0.05, 0.1) is 24.1 Å². The molecule has 0 unspecified atom stereocenters. The Bertz CT molecular complexity index is 1070. The second-order valence-electron chi connectivity index (χ2n) is 6.19. The highest BCUT2D eigenvalue weighted by Gasteiger charge is 2.09. The summed E-state index contributed by atoms with van der Waals surface area (Å²) >= 11 is 1.46. The number of carbonyl (C=O) groups excluding carboxylic acids is 2. The van der Waals surface area contributed by atoms with Crippen LogP contribution in [0.4, 0.5) is 5.69 Å². The Labute approximate surface area is 164 Å². The second kappa shape index (κ2) is 8.05. The molecule has 0 bridgehead atoms. The van der Waals surface area contributed by atoms with Crippen LogP contribution in [0.25, 0.3) is 5.65 Å². The molecule has 4 heterocycles. The molecular formula is C19H18N6O2S. The van der Waals surface area contributed by atoms with Crippen molar-refractivity contribution in [2.45, 2.75) is 13.0 Å². The molecule has 2 N–H and O–H groups in total. The topological polar surface area (TPSA) is 93.3 Å². The fraction of sp³-hybridized carbons (Fsp3) is 0.158. The molecule has 0 aromatic carbocycles. The smallest absolute Gasteiger partial charge is 0.252 e. The molecule has 2 amide bonds. The zero-order valence-electron chi connectivity index (χ0n) is 14.9. The molecule has 0 saturated heterocycles. The fourth-order valence-corrected chi connectivity index (χ4v) is 3.39. The van der Waals surface area contributed by atoms with Gasteiger partial charge in [-0.2, -0.15) is 16.4 Å². The summed E-state index contributed by atoms with van der Waals surface area (Å²) < 4.78 is 3.67. The number of aromatic nitrogens is 4. The van der Waals surface area contributed by atoms with Crippen LogP contribution in [0.1, 0.15) is 22.5 Å². The highest BCUT2D eigenvalue weighted by Crippen LogP contribution is 2.10. The van der Waals surface area contributed by atoms with Crippen LogP contribution < -0.4 is 10.6 Å². The van der Waals surface area contributed by atoms with Gasteiger partial charge in [-0.3, -0.25) is 14.3 Å². The third-order valence-corrected chi connectivity index (χ3v) is 4.76. The lowest BCUT2D eigenvalue weighted by Gasteiger charge is -2.04. The van der Waals surface area contributed by atoms with Gasteiger partial charge in [-0.15, -0.1) is 0 Å². The molecule has 9 heteroatoms. The van der Waals surface area contributed by atoms with Gasteiger partial charge in [0.25, 0.3) is 5.91 Å². The van der Waals surface area contributed by atoms with E-state index in [1.54, 1.807) is 28.5 Å². The minimum absolute atomic E-state index is 0.172. The molecule has 0 aliphatic heterocycles. The van der Waals surface area contributed by atoms with Gasteiger partial charge >= 0.3 is 0 Å². The van der Waals surface area contributed by atoms with Gasteiger partial charge in [0, 0.05) is 42.5 Å². The maximum atomic E-state index is 12.1. The van der Waals surface area contributed by atoms with Crippen molar-refractivity contribution in [3.63, 3.8) is 0 Å². The van der Waals surface area contributed by atoms with Crippen molar-refractivity contribution in [2.24, 2.45) is 0 Å². The summed E-state index contributed by atoms with van der Waals surface area (Å²) in [5, 5.41) is 13.4. The molecule has 0 atom stereocenters. The van der Waals surface area contributed by atoms with Crippen molar-refractivity contribution < 1.29 is 9.59 Å². The van der Waals surface area contributed by atoms with E-state index in [0.717, 1.165) is 11.3 Å². The monoisotopic (exact) mass is 394 g/mol. The van der Waals surface area contributed by atoms with Crippen molar-refractivity contribution in [2.75, 3.05) is 11.9 Å². The molecule has 0 aliphatic carbocycles. The summed E-state index contributed by atoms with van der Waals surface area (Å²) in [5.41, 5.74) is 2.97. The maximum Gasteiger partial charge on any atom is 0.252 e. The van der Waals surface area contributed by atoms with E-state index < -0.39 is 0 Å². The molecule has 0 aliphatic rings. The Hall–Kier alpha value is -3.46. The van der Waals surface area contributed by atoms with Crippen molar-refractivity contribution in [1.29, 1.82) is 0 Å². The number of carbonyl (C=O) groups is 2. The number of nitrogens with zero attached hydrogens (tertiary/aromatic N) is 4. The summed E-state index contributed by atoms with van der Waals surface area (Å²) in [6, 6.07) is 7.58. The first-order valence-corrected chi connectivity index (χ1v) is 9.67. The number of amides is 2. The van der Waals surface area contributed by atoms with Crippen molar-refractivity contribution in [1.82, 2.24) is 24.5 Å². The van der Waals surface area contributed by atoms with E-state index in [0.29, 0.717) is 17.8 Å². The van der Waals surface area contributed by atoms with Gasteiger partial charge in [0.2, 0.25) is 5.91 Å². The Morgan fingerprint density at radius 1 is 1.18 bits per heavy atom. The normalized spacial score (nSPS) is 10.9. The summed E-state index contributed by atoms with van der Waals surface area (Å²) in [7, 11) is 0. The minimum Gasteiger partial charge on any atom is -0.351 e. The van der Waals surface area contributed by atoms with Gasteiger partial charge in [0.1, 0.15) is 5.65 Å². The number of thiophene rings is 1. The minimum atomic E-state index is -0.183. The van der Waals surface area contributed by atoms with E-state index in [1.807, 2.05) is 40.4 Å². The first kappa shape index (κ1) is 17.9. The van der Waals surface area contributed by atoms with Gasteiger partial charge in [-0.05, 0) is 23.6 Å². The number of rotatable bonds is 7. The van der Waals surface area contributed by atoms with E-state index in [1.165, 1.54) is 11.3 Å². The molecule has 0 spiro atoms. The third kappa shape index (κ3) is 4.26. The predicted octanol–water partition coefficient (Wildman–Crippen LogP) is 2.40. The van der Waals surface area contributed by atoms with E-state index in [9.17, 15) is 9.59 Å². The number of hydrogen-bond donors (Lipinski definition) is 2. The average molecular weight is 394 g/mol. The second-order valence-corrected chi connectivity index (χ2v) is 6.97. The van der Waals surface area contributed by atoms with Crippen LogP contribution in [-0.4, -0.2) is 37.5 Å². The zero-order valence-corrected chi connectivity index (χ0v) is 15.7. The van der Waals surface area contributed by atoms with Gasteiger partial charge in [-0.1, -0.05) is 6.07 Å². The molecule has 28 heavy (non-hydrogen) atoms. The summed E-state index contributed by atoms with van der Waals surface area (Å²) in [5.74, 6) is -0.354. The number of hydrogen-bond acceptors (Lipinski definition) is 5. The lowest BCUT2D eigenvalue weighted by atomic mass is 10.3. The number of pyridine rings is 1. The maximum absolute atomic E-state index is 12.1. The molecule has 0 fully saturated rings. The SMILES string of the molecule is O=C(CCNC(=O)c1ccsc1)Nc1cnn(Cc2cn3ccccc3n2)c1. The van der Waals surface area contributed by atoms with Crippen LogP contribution in [0.2, 0.25) is 0 Å². The Morgan fingerprint density at radius 3 is 2.93 bits per heavy atom. The molecule has 8 nitrogen and oxygen atoms in total. The standard InChI is InChI=1S/C19H18N6O2S/c26-18(4-6-20-19(27)14-5-8-28-13-14)23-15-9-21-25(11-15)12-16-10-24-7-2-1-3-17(24)22-16/h1-3,5,7-11,13H,4,6,12H2,(H,20,27)(H,23,26). The summed E-state index contributed by atoms with van der Waals surface area (Å²) in [6.07, 6.45) is 7.43. The largest absolute Gasteiger partial charge is 0.351 e. The van der Waals surface area contributed by atoms with Crippen LogP contribution in [0.15, 0.2) is 59.8 Å². The Kier molecular flexibility index (Phi) is 5.16. The first-order valence-electron chi connectivity index (χ1n) is 8.73. The van der Waals surface area contributed by atoms with Gasteiger partial charge < -0.3 is 15.0 Å². The van der Waals surface area contributed by atoms with Crippen LogP contribution in [0.5, 0.6) is 0 Å². The number of anilines is 1. The van der Waals surface area contributed by atoms with E-state index in [-0.39, 0.29) is 24.8 Å². The van der Waals surface area contributed by atoms with E-state index in [2.05, 4.69) is 20.7 Å². The number of imidazole rings is 1. The Balaban J connectivity index is 1.27. The van der Waals surface area contributed by atoms with Crippen LogP contribution in [0.3, 0.4) is 0 Å².